The van der Waals surface area contributed by atoms with Crippen molar-refractivity contribution in [2.45, 2.75) is 13.5 Å². The van der Waals surface area contributed by atoms with Gasteiger partial charge in [-0.05, 0) is 12.5 Å². The van der Waals surface area contributed by atoms with Gasteiger partial charge >= 0.3 is 0 Å². The fourth-order valence-electron chi connectivity index (χ4n) is 1.84. The largest absolute Gasteiger partial charge is 0.323 e. The van der Waals surface area contributed by atoms with Crippen LogP contribution in [0.4, 0.5) is 0 Å². The van der Waals surface area contributed by atoms with Gasteiger partial charge in [0.15, 0.2) is 5.65 Å². The number of rotatable bonds is 2. The minimum atomic E-state index is 0.752. The van der Waals surface area contributed by atoms with Crippen molar-refractivity contribution in [1.82, 2.24) is 19.5 Å². The zero-order chi connectivity index (χ0) is 11.7. The number of imidazole rings is 1. The summed E-state index contributed by atoms with van der Waals surface area (Å²) in [5.41, 5.74) is 2.97. The van der Waals surface area contributed by atoms with Crippen molar-refractivity contribution in [2.24, 2.45) is 0 Å². The van der Waals surface area contributed by atoms with E-state index in [1.54, 1.807) is 0 Å². The number of hydrogen-bond donors (Lipinski definition) is 0. The van der Waals surface area contributed by atoms with Gasteiger partial charge in [0.2, 0.25) is 0 Å². The molecule has 0 aliphatic carbocycles. The third-order valence-corrected chi connectivity index (χ3v) is 2.70. The summed E-state index contributed by atoms with van der Waals surface area (Å²) in [7, 11) is 0. The third kappa shape index (κ3) is 1.89. The number of nitrogens with zero attached hydrogens (tertiary/aromatic N) is 4. The van der Waals surface area contributed by atoms with Crippen LogP contribution in [0.15, 0.2) is 42.9 Å². The Hall–Kier alpha value is -2.23. The summed E-state index contributed by atoms with van der Waals surface area (Å²) >= 11 is 0. The van der Waals surface area contributed by atoms with E-state index in [0.29, 0.717) is 0 Å². The van der Waals surface area contributed by atoms with Gasteiger partial charge < -0.3 is 4.57 Å². The molecule has 0 aliphatic rings. The Morgan fingerprint density at radius 1 is 1.12 bits per heavy atom. The summed E-state index contributed by atoms with van der Waals surface area (Å²) in [5.74, 6) is 0.752. The number of aryl methyl sites for hydroxylation is 1. The molecule has 0 saturated heterocycles. The summed E-state index contributed by atoms with van der Waals surface area (Å²) in [5, 5.41) is 0. The lowest BCUT2D eigenvalue weighted by molar-refractivity contribution is 0.822. The zero-order valence-corrected chi connectivity index (χ0v) is 9.54. The van der Waals surface area contributed by atoms with E-state index in [-0.39, 0.29) is 0 Å². The van der Waals surface area contributed by atoms with E-state index in [0.717, 1.165) is 23.5 Å². The monoisotopic (exact) mass is 224 g/mol. The van der Waals surface area contributed by atoms with Gasteiger partial charge in [-0.1, -0.05) is 30.3 Å². The van der Waals surface area contributed by atoms with Crippen LogP contribution in [0.2, 0.25) is 0 Å². The first-order chi connectivity index (χ1) is 8.33. The molecule has 0 N–H and O–H groups in total. The molecule has 3 aromatic rings. The van der Waals surface area contributed by atoms with Gasteiger partial charge in [0.05, 0.1) is 12.5 Å². The lowest BCUT2D eigenvalue weighted by atomic mass is 10.2. The molecular weight excluding hydrogens is 212 g/mol. The molecule has 0 aliphatic heterocycles. The van der Waals surface area contributed by atoms with Gasteiger partial charge in [0.1, 0.15) is 11.3 Å². The predicted molar refractivity (Wildman–Crippen MR) is 65.6 cm³/mol. The van der Waals surface area contributed by atoms with Crippen LogP contribution in [0.3, 0.4) is 0 Å². The predicted octanol–water partition coefficient (Wildman–Crippen LogP) is 2.18. The van der Waals surface area contributed by atoms with Crippen molar-refractivity contribution < 1.29 is 0 Å². The highest BCUT2D eigenvalue weighted by atomic mass is 15.1. The van der Waals surface area contributed by atoms with Crippen LogP contribution in [-0.4, -0.2) is 19.5 Å². The van der Waals surface area contributed by atoms with Gasteiger partial charge in [-0.2, -0.15) is 0 Å². The molecule has 2 aromatic heterocycles. The van der Waals surface area contributed by atoms with E-state index in [4.69, 9.17) is 0 Å². The molecule has 4 nitrogen and oxygen atoms in total. The van der Waals surface area contributed by atoms with E-state index in [1.165, 1.54) is 5.56 Å². The molecular formula is C13H12N4. The van der Waals surface area contributed by atoms with Crippen molar-refractivity contribution in [3.05, 3.63) is 54.2 Å². The van der Waals surface area contributed by atoms with Crippen molar-refractivity contribution >= 4 is 11.2 Å². The second-order valence-electron chi connectivity index (χ2n) is 3.98. The molecule has 0 unspecified atom stereocenters. The topological polar surface area (TPSA) is 43.6 Å². The zero-order valence-electron chi connectivity index (χ0n) is 9.54. The van der Waals surface area contributed by atoms with Crippen LogP contribution in [0, 0.1) is 6.92 Å². The Morgan fingerprint density at radius 2 is 1.94 bits per heavy atom. The Bertz CT molecular complexity index is 643. The van der Waals surface area contributed by atoms with Crippen molar-refractivity contribution in [1.29, 1.82) is 0 Å². The maximum absolute atomic E-state index is 4.29. The van der Waals surface area contributed by atoms with Crippen molar-refractivity contribution in [3.8, 4) is 0 Å². The maximum Gasteiger partial charge on any atom is 0.181 e. The molecule has 0 saturated carbocycles. The van der Waals surface area contributed by atoms with Crippen molar-refractivity contribution in [2.75, 3.05) is 0 Å². The summed E-state index contributed by atoms with van der Waals surface area (Å²) in [4.78, 5) is 12.8. The average molecular weight is 224 g/mol. The van der Waals surface area contributed by atoms with Gasteiger partial charge in [-0.25, -0.2) is 15.0 Å². The third-order valence-electron chi connectivity index (χ3n) is 2.70. The molecule has 4 heteroatoms. The highest BCUT2D eigenvalue weighted by molar-refractivity contribution is 5.69. The van der Waals surface area contributed by atoms with Gasteiger partial charge in [-0.15, -0.1) is 0 Å². The van der Waals surface area contributed by atoms with Crippen LogP contribution in [-0.2, 0) is 6.54 Å². The first-order valence-electron chi connectivity index (χ1n) is 5.51. The smallest absolute Gasteiger partial charge is 0.181 e. The number of hydrogen-bond acceptors (Lipinski definition) is 3. The summed E-state index contributed by atoms with van der Waals surface area (Å²) in [6, 6.07) is 10.3. The standard InChI is InChI=1S/C13H12N4/c1-10-14-7-12-13(16-10)15-9-17(12)8-11-5-3-2-4-6-11/h2-7,9H,8H2,1H3. The molecule has 0 radical (unpaired) electrons. The van der Waals surface area contributed by atoms with E-state index in [1.807, 2.05) is 37.6 Å². The normalized spacial score (nSPS) is 10.9. The van der Waals surface area contributed by atoms with Crippen LogP contribution in [0.25, 0.3) is 11.2 Å². The Kier molecular flexibility index (Phi) is 2.33. The summed E-state index contributed by atoms with van der Waals surface area (Å²) in [6.07, 6.45) is 3.64. The van der Waals surface area contributed by atoms with E-state index < -0.39 is 0 Å². The molecule has 1 aromatic carbocycles. The minimum Gasteiger partial charge on any atom is -0.323 e. The highest BCUT2D eigenvalue weighted by Crippen LogP contribution is 2.11. The molecule has 0 amide bonds. The van der Waals surface area contributed by atoms with Crippen LogP contribution < -0.4 is 0 Å². The Morgan fingerprint density at radius 3 is 2.76 bits per heavy atom. The molecule has 0 bridgehead atoms. The first kappa shape index (κ1) is 9.96. The average Bonchev–Trinajstić information content (AvgIpc) is 2.73. The minimum absolute atomic E-state index is 0.752. The van der Waals surface area contributed by atoms with E-state index in [2.05, 4.69) is 31.7 Å². The quantitative estimate of drug-likeness (QED) is 0.670. The van der Waals surface area contributed by atoms with Crippen LogP contribution in [0.5, 0.6) is 0 Å². The maximum atomic E-state index is 4.29. The van der Waals surface area contributed by atoms with Crippen LogP contribution in [0.1, 0.15) is 11.4 Å². The Balaban J connectivity index is 2.01. The first-order valence-corrected chi connectivity index (χ1v) is 5.51. The van der Waals surface area contributed by atoms with Gasteiger partial charge in [-0.3, -0.25) is 0 Å². The van der Waals surface area contributed by atoms with Gasteiger partial charge in [0, 0.05) is 6.54 Å². The fraction of sp³-hybridized carbons (Fsp3) is 0.154. The lowest BCUT2D eigenvalue weighted by Gasteiger charge is -2.03. The summed E-state index contributed by atoms with van der Waals surface area (Å²) in [6.45, 7) is 2.67. The Labute approximate surface area is 99.0 Å². The molecule has 0 spiro atoms. The van der Waals surface area contributed by atoms with E-state index >= 15 is 0 Å². The fourth-order valence-corrected chi connectivity index (χ4v) is 1.84. The molecule has 2 heterocycles. The summed E-state index contributed by atoms with van der Waals surface area (Å²) < 4.78 is 2.06. The lowest BCUT2D eigenvalue weighted by Crippen LogP contribution is -1.98. The van der Waals surface area contributed by atoms with Crippen molar-refractivity contribution in [3.63, 3.8) is 0 Å². The molecule has 0 atom stereocenters. The molecule has 0 fully saturated rings. The molecule has 17 heavy (non-hydrogen) atoms. The van der Waals surface area contributed by atoms with E-state index in [9.17, 15) is 0 Å². The second-order valence-corrected chi connectivity index (χ2v) is 3.98. The van der Waals surface area contributed by atoms with Gasteiger partial charge in [0.25, 0.3) is 0 Å². The molecule has 84 valence electrons. The SMILES string of the molecule is Cc1ncc2c(ncn2Cc2ccccc2)n1. The number of fused-ring (bicyclic) bond motifs is 1. The number of aromatic nitrogens is 4. The molecule has 3 rings (SSSR count). The van der Waals surface area contributed by atoms with Crippen LogP contribution >= 0.6 is 0 Å². The number of benzene rings is 1. The highest BCUT2D eigenvalue weighted by Gasteiger charge is 2.04. The second kappa shape index (κ2) is 3.97.